The molecule has 0 radical (unpaired) electrons. The van der Waals surface area contributed by atoms with Crippen molar-refractivity contribution in [3.05, 3.63) is 28.3 Å². The predicted octanol–water partition coefficient (Wildman–Crippen LogP) is 1.79. The summed E-state index contributed by atoms with van der Waals surface area (Å²) in [5.74, 6) is -0.629. The van der Waals surface area contributed by atoms with Crippen LogP contribution in [0, 0.1) is 10.1 Å². The van der Waals surface area contributed by atoms with Gasteiger partial charge in [-0.15, -0.1) is 0 Å². The molecule has 96 valence electrons. The maximum atomic E-state index is 11.6. The van der Waals surface area contributed by atoms with Crippen LogP contribution in [0.3, 0.4) is 0 Å². The van der Waals surface area contributed by atoms with Crippen LogP contribution < -0.4 is 5.06 Å². The fourth-order valence-electron chi connectivity index (χ4n) is 1.61. The number of rotatable bonds is 3. The molecule has 0 saturated heterocycles. The number of nitrogens with zero attached hydrogens (tertiary/aromatic N) is 2. The minimum Gasteiger partial charge on any atom is -0.464 e. The fraction of sp³-hybridized carbons (Fsp3) is 0.300. The Bertz CT molecular complexity index is 507. The maximum Gasteiger partial charge on any atom is 0.342 e. The number of benzene rings is 1. The first-order valence-electron chi connectivity index (χ1n) is 5.15. The molecule has 0 bridgehead atoms. The van der Waals surface area contributed by atoms with Crippen LogP contribution in [0.1, 0.15) is 6.92 Å². The lowest BCUT2D eigenvalue weighted by atomic mass is 10.3. The van der Waals surface area contributed by atoms with Gasteiger partial charge in [-0.3, -0.25) is 15.3 Å². The van der Waals surface area contributed by atoms with E-state index in [1.165, 1.54) is 18.2 Å². The minimum absolute atomic E-state index is 0.136. The van der Waals surface area contributed by atoms with Crippen LogP contribution in [0.4, 0.5) is 11.4 Å². The molecule has 1 aromatic carbocycles. The van der Waals surface area contributed by atoms with Crippen molar-refractivity contribution >= 4 is 29.1 Å². The van der Waals surface area contributed by atoms with Crippen molar-refractivity contribution in [2.24, 2.45) is 0 Å². The highest BCUT2D eigenvalue weighted by molar-refractivity contribution is 8.01. The summed E-state index contributed by atoms with van der Waals surface area (Å²) in [5.41, 5.74) is 0.107. The second kappa shape index (κ2) is 4.83. The summed E-state index contributed by atoms with van der Waals surface area (Å²) < 4.78 is 4.80. The largest absolute Gasteiger partial charge is 0.464 e. The summed E-state index contributed by atoms with van der Waals surface area (Å²) in [5, 5.41) is 20.4. The van der Waals surface area contributed by atoms with Gasteiger partial charge in [-0.25, -0.2) is 9.86 Å². The van der Waals surface area contributed by atoms with Crippen molar-refractivity contribution < 1.29 is 19.7 Å². The normalized spacial score (nSPS) is 17.4. The lowest BCUT2D eigenvalue weighted by Gasteiger charge is -2.16. The lowest BCUT2D eigenvalue weighted by molar-refractivity contribution is -0.387. The predicted molar refractivity (Wildman–Crippen MR) is 63.6 cm³/mol. The van der Waals surface area contributed by atoms with Crippen molar-refractivity contribution in [2.75, 3.05) is 11.7 Å². The number of hydroxylamine groups is 1. The van der Waals surface area contributed by atoms with Crippen LogP contribution in [0.25, 0.3) is 0 Å². The number of nitro benzene ring substituents is 1. The van der Waals surface area contributed by atoms with Gasteiger partial charge in [0.2, 0.25) is 5.37 Å². The number of nitro groups is 1. The van der Waals surface area contributed by atoms with E-state index in [1.54, 1.807) is 6.92 Å². The van der Waals surface area contributed by atoms with Gasteiger partial charge in [0.25, 0.3) is 5.69 Å². The first-order chi connectivity index (χ1) is 8.56. The zero-order chi connectivity index (χ0) is 13.3. The molecule has 0 fully saturated rings. The molecule has 1 aliphatic rings. The van der Waals surface area contributed by atoms with Crippen molar-refractivity contribution in [1.29, 1.82) is 0 Å². The quantitative estimate of drug-likeness (QED) is 0.508. The average molecular weight is 270 g/mol. The average Bonchev–Trinajstić information content (AvgIpc) is 2.67. The molecule has 0 amide bonds. The van der Waals surface area contributed by atoms with Crippen molar-refractivity contribution in [1.82, 2.24) is 0 Å². The molecule has 1 aromatic rings. The van der Waals surface area contributed by atoms with Crippen LogP contribution in [0.5, 0.6) is 0 Å². The molecule has 18 heavy (non-hydrogen) atoms. The number of hydrogen-bond acceptors (Lipinski definition) is 7. The molecule has 8 heteroatoms. The molecule has 1 atom stereocenters. The Hall–Kier alpha value is -1.80. The highest BCUT2D eigenvalue weighted by Crippen LogP contribution is 2.47. The molecule has 0 spiro atoms. The van der Waals surface area contributed by atoms with Gasteiger partial charge in [0.15, 0.2) is 0 Å². The molecule has 1 N–H and O–H groups in total. The summed E-state index contributed by atoms with van der Waals surface area (Å²) >= 11 is 0.907. The number of carbonyl (C=O) groups is 1. The fourth-order valence-corrected chi connectivity index (χ4v) is 2.75. The Morgan fingerprint density at radius 1 is 1.67 bits per heavy atom. The molecule has 2 rings (SSSR count). The Balaban J connectivity index is 2.35. The number of esters is 1. The lowest BCUT2D eigenvalue weighted by Crippen LogP contribution is -2.34. The van der Waals surface area contributed by atoms with Gasteiger partial charge >= 0.3 is 5.97 Å². The molecule has 1 aliphatic heterocycles. The SMILES string of the molecule is CCOC(=O)C1Sc2c(cccc2[N+](=O)[O-])N1O. The maximum absolute atomic E-state index is 11.6. The molecular formula is C10H10N2O5S. The smallest absolute Gasteiger partial charge is 0.342 e. The van der Waals surface area contributed by atoms with Crippen molar-refractivity contribution in [3.8, 4) is 0 Å². The second-order valence-electron chi connectivity index (χ2n) is 3.45. The zero-order valence-corrected chi connectivity index (χ0v) is 10.2. The van der Waals surface area contributed by atoms with Gasteiger partial charge < -0.3 is 4.74 Å². The number of ether oxygens (including phenoxy) is 1. The van der Waals surface area contributed by atoms with E-state index in [9.17, 15) is 20.1 Å². The van der Waals surface area contributed by atoms with E-state index < -0.39 is 16.3 Å². The summed E-state index contributed by atoms with van der Waals surface area (Å²) in [7, 11) is 0. The van der Waals surface area contributed by atoms with Gasteiger partial charge in [-0.05, 0) is 13.0 Å². The zero-order valence-electron chi connectivity index (χ0n) is 9.40. The van der Waals surface area contributed by atoms with Crippen LogP contribution in [-0.2, 0) is 9.53 Å². The highest BCUT2D eigenvalue weighted by Gasteiger charge is 2.39. The topological polar surface area (TPSA) is 92.9 Å². The molecule has 0 aromatic heterocycles. The van der Waals surface area contributed by atoms with Crippen LogP contribution in [0.2, 0.25) is 0 Å². The van der Waals surface area contributed by atoms with Crippen LogP contribution in [0.15, 0.2) is 23.1 Å². The van der Waals surface area contributed by atoms with E-state index in [0.29, 0.717) is 5.06 Å². The Morgan fingerprint density at radius 3 is 3.00 bits per heavy atom. The Kier molecular flexibility index (Phi) is 3.39. The van der Waals surface area contributed by atoms with Crippen molar-refractivity contribution in [3.63, 3.8) is 0 Å². The van der Waals surface area contributed by atoms with E-state index in [2.05, 4.69) is 0 Å². The molecule has 1 unspecified atom stereocenters. The summed E-state index contributed by atoms with van der Waals surface area (Å²) in [6, 6.07) is 4.29. The monoisotopic (exact) mass is 270 g/mol. The number of hydrogen-bond donors (Lipinski definition) is 1. The van der Waals surface area contributed by atoms with E-state index >= 15 is 0 Å². The number of anilines is 1. The van der Waals surface area contributed by atoms with Gasteiger partial charge in [-0.1, -0.05) is 17.8 Å². The van der Waals surface area contributed by atoms with Gasteiger partial charge in [0.1, 0.15) is 4.90 Å². The first kappa shape index (κ1) is 12.7. The number of fused-ring (bicyclic) bond motifs is 1. The van der Waals surface area contributed by atoms with E-state index in [4.69, 9.17) is 4.74 Å². The third kappa shape index (κ3) is 2.00. The molecular weight excluding hydrogens is 260 g/mol. The highest BCUT2D eigenvalue weighted by atomic mass is 32.2. The summed E-state index contributed by atoms with van der Waals surface area (Å²) in [6.07, 6.45) is 0. The van der Waals surface area contributed by atoms with E-state index in [1.807, 2.05) is 0 Å². The van der Waals surface area contributed by atoms with Gasteiger partial charge in [0.05, 0.1) is 17.2 Å². The second-order valence-corrected chi connectivity index (χ2v) is 4.54. The summed E-state index contributed by atoms with van der Waals surface area (Å²) in [4.78, 5) is 22.2. The molecule has 0 aliphatic carbocycles. The first-order valence-corrected chi connectivity index (χ1v) is 6.03. The van der Waals surface area contributed by atoms with E-state index in [0.717, 1.165) is 11.8 Å². The number of thioether (sulfide) groups is 1. The molecule has 1 heterocycles. The minimum atomic E-state index is -0.999. The van der Waals surface area contributed by atoms with Crippen LogP contribution >= 0.6 is 11.8 Å². The van der Waals surface area contributed by atoms with Crippen molar-refractivity contribution in [2.45, 2.75) is 17.2 Å². The number of carbonyl (C=O) groups excluding carboxylic acids is 1. The van der Waals surface area contributed by atoms with Gasteiger partial charge in [-0.2, -0.15) is 0 Å². The standard InChI is InChI=1S/C10H10N2O5S/c1-2-17-10(13)9-11(14)6-4-3-5-7(12(15)16)8(6)18-9/h3-5,9,14H,2H2,1H3. The summed E-state index contributed by atoms with van der Waals surface area (Å²) in [6.45, 7) is 1.83. The third-order valence-corrected chi connectivity index (χ3v) is 3.63. The molecule has 7 nitrogen and oxygen atoms in total. The van der Waals surface area contributed by atoms with Crippen LogP contribution in [-0.4, -0.2) is 28.1 Å². The van der Waals surface area contributed by atoms with Gasteiger partial charge in [0, 0.05) is 6.07 Å². The molecule has 0 saturated carbocycles. The Labute approximate surface area is 106 Å². The van der Waals surface area contributed by atoms with E-state index in [-0.39, 0.29) is 22.9 Å². The third-order valence-electron chi connectivity index (χ3n) is 2.36. The Morgan fingerprint density at radius 2 is 2.39 bits per heavy atom.